The van der Waals surface area contributed by atoms with Gasteiger partial charge in [-0.3, -0.25) is 4.90 Å². The van der Waals surface area contributed by atoms with Crippen molar-refractivity contribution in [1.29, 1.82) is 0 Å². The molecule has 0 N–H and O–H groups in total. The van der Waals surface area contributed by atoms with Crippen LogP contribution in [-0.4, -0.2) is 48.6 Å². The molecule has 0 amide bonds. The number of piperazine rings is 1. The predicted molar refractivity (Wildman–Crippen MR) is 81.0 cm³/mol. The van der Waals surface area contributed by atoms with Crippen LogP contribution in [0.5, 0.6) is 0 Å². The first kappa shape index (κ1) is 12.6. The minimum Gasteiger partial charge on any atom is -0.369 e. The summed E-state index contributed by atoms with van der Waals surface area (Å²) in [6, 6.07) is 9.06. The Kier molecular flexibility index (Phi) is 4.02. The molecule has 0 saturated carbocycles. The van der Waals surface area contributed by atoms with E-state index in [1.807, 2.05) is 12.1 Å². The quantitative estimate of drug-likeness (QED) is 0.823. The molecule has 2 saturated heterocycles. The van der Waals surface area contributed by atoms with Crippen LogP contribution in [0, 0.1) is 0 Å². The number of benzene rings is 1. The van der Waals surface area contributed by atoms with E-state index in [1.54, 1.807) is 0 Å². The minimum absolute atomic E-state index is 0.820. The molecule has 0 radical (unpaired) electrons. The smallest absolute Gasteiger partial charge is 0.0407 e. The molecule has 1 aromatic rings. The first-order valence-corrected chi connectivity index (χ1v) is 8.18. The number of halogens is 1. The van der Waals surface area contributed by atoms with Crippen molar-refractivity contribution in [2.24, 2.45) is 0 Å². The topological polar surface area (TPSA) is 6.48 Å². The highest BCUT2D eigenvalue weighted by Crippen LogP contribution is 2.25. The minimum atomic E-state index is 0.820. The van der Waals surface area contributed by atoms with Gasteiger partial charge < -0.3 is 4.90 Å². The third-order valence-corrected chi connectivity index (χ3v) is 5.32. The standard InChI is InChI=1S/C14H19ClN2S/c15-12-1-3-13(4-2-12)16-6-8-17(9-7-16)14-5-10-18-11-14/h1-4,14H,5-11H2/t14-/m1/s1. The van der Waals surface area contributed by atoms with Crippen LogP contribution in [0.15, 0.2) is 24.3 Å². The van der Waals surface area contributed by atoms with E-state index in [1.165, 1.54) is 36.7 Å². The molecule has 1 aromatic carbocycles. The monoisotopic (exact) mass is 282 g/mol. The lowest BCUT2D eigenvalue weighted by Gasteiger charge is -2.39. The van der Waals surface area contributed by atoms with E-state index in [-0.39, 0.29) is 0 Å². The van der Waals surface area contributed by atoms with E-state index in [4.69, 9.17) is 11.6 Å². The van der Waals surface area contributed by atoms with Crippen LogP contribution >= 0.6 is 23.4 Å². The van der Waals surface area contributed by atoms with Crippen molar-refractivity contribution >= 4 is 29.1 Å². The Labute approximate surface area is 118 Å². The van der Waals surface area contributed by atoms with Gasteiger partial charge in [0.1, 0.15) is 0 Å². The van der Waals surface area contributed by atoms with Crippen molar-refractivity contribution in [3.63, 3.8) is 0 Å². The maximum absolute atomic E-state index is 5.93. The van der Waals surface area contributed by atoms with Gasteiger partial charge in [-0.25, -0.2) is 0 Å². The van der Waals surface area contributed by atoms with E-state index in [0.29, 0.717) is 0 Å². The van der Waals surface area contributed by atoms with Gasteiger partial charge in [-0.15, -0.1) is 0 Å². The van der Waals surface area contributed by atoms with Crippen molar-refractivity contribution in [2.45, 2.75) is 12.5 Å². The number of rotatable bonds is 2. The van der Waals surface area contributed by atoms with Crippen LogP contribution < -0.4 is 4.90 Å². The molecule has 2 fully saturated rings. The third kappa shape index (κ3) is 2.79. The Bertz CT molecular complexity index is 381. The zero-order valence-corrected chi connectivity index (χ0v) is 12.1. The van der Waals surface area contributed by atoms with Gasteiger partial charge in [-0.2, -0.15) is 11.8 Å². The number of hydrogen-bond acceptors (Lipinski definition) is 3. The highest BCUT2D eigenvalue weighted by molar-refractivity contribution is 7.99. The van der Waals surface area contributed by atoms with Gasteiger partial charge in [0.05, 0.1) is 0 Å². The molecule has 2 nitrogen and oxygen atoms in total. The van der Waals surface area contributed by atoms with E-state index in [9.17, 15) is 0 Å². The molecule has 0 spiro atoms. The summed E-state index contributed by atoms with van der Waals surface area (Å²) in [5.41, 5.74) is 1.31. The fraction of sp³-hybridized carbons (Fsp3) is 0.571. The van der Waals surface area contributed by atoms with Crippen molar-refractivity contribution in [2.75, 3.05) is 42.6 Å². The molecule has 3 rings (SSSR count). The molecule has 4 heteroatoms. The van der Waals surface area contributed by atoms with Gasteiger partial charge in [0.15, 0.2) is 0 Å². The SMILES string of the molecule is Clc1ccc(N2CCN([C@@H]3CCSC3)CC2)cc1. The molecular weight excluding hydrogens is 264 g/mol. The molecule has 0 bridgehead atoms. The predicted octanol–water partition coefficient (Wildman–Crippen LogP) is 2.97. The normalized spacial score (nSPS) is 25.6. The first-order valence-electron chi connectivity index (χ1n) is 6.65. The van der Waals surface area contributed by atoms with Gasteiger partial charge >= 0.3 is 0 Å². The Morgan fingerprint density at radius 3 is 2.39 bits per heavy atom. The van der Waals surface area contributed by atoms with Gasteiger partial charge in [0.2, 0.25) is 0 Å². The van der Waals surface area contributed by atoms with Gasteiger partial charge in [-0.1, -0.05) is 11.6 Å². The van der Waals surface area contributed by atoms with Crippen molar-refractivity contribution < 1.29 is 0 Å². The number of thioether (sulfide) groups is 1. The summed E-state index contributed by atoms with van der Waals surface area (Å²) >= 11 is 8.04. The molecule has 1 atom stereocenters. The fourth-order valence-corrected chi connectivity index (χ4v) is 4.19. The third-order valence-electron chi connectivity index (χ3n) is 3.93. The van der Waals surface area contributed by atoms with E-state index < -0.39 is 0 Å². The molecule has 0 unspecified atom stereocenters. The summed E-state index contributed by atoms with van der Waals surface area (Å²) in [7, 11) is 0. The van der Waals surface area contributed by atoms with Crippen molar-refractivity contribution in [3.8, 4) is 0 Å². The summed E-state index contributed by atoms with van der Waals surface area (Å²) in [6.07, 6.45) is 1.38. The maximum atomic E-state index is 5.93. The van der Waals surface area contributed by atoms with Crippen LogP contribution in [0.3, 0.4) is 0 Å². The largest absolute Gasteiger partial charge is 0.369 e. The molecule has 2 aliphatic rings. The Morgan fingerprint density at radius 2 is 1.78 bits per heavy atom. The summed E-state index contributed by atoms with van der Waals surface area (Å²) in [5.74, 6) is 2.68. The summed E-state index contributed by atoms with van der Waals surface area (Å²) in [5, 5.41) is 0.820. The van der Waals surface area contributed by atoms with E-state index in [2.05, 4.69) is 33.7 Å². The molecule has 2 heterocycles. The average molecular weight is 283 g/mol. The molecule has 0 aromatic heterocycles. The Morgan fingerprint density at radius 1 is 1.06 bits per heavy atom. The van der Waals surface area contributed by atoms with E-state index >= 15 is 0 Å². The Balaban J connectivity index is 1.57. The number of anilines is 1. The number of nitrogens with zero attached hydrogens (tertiary/aromatic N) is 2. The number of hydrogen-bond donors (Lipinski definition) is 0. The lowest BCUT2D eigenvalue weighted by molar-refractivity contribution is 0.201. The molecule has 98 valence electrons. The van der Waals surface area contributed by atoms with Crippen LogP contribution in [-0.2, 0) is 0 Å². The van der Waals surface area contributed by atoms with Crippen molar-refractivity contribution in [1.82, 2.24) is 4.90 Å². The summed E-state index contributed by atoms with van der Waals surface area (Å²) in [4.78, 5) is 5.14. The van der Waals surface area contributed by atoms with Crippen LogP contribution in [0.4, 0.5) is 5.69 Å². The summed E-state index contributed by atoms with van der Waals surface area (Å²) in [6.45, 7) is 4.69. The molecule has 0 aliphatic carbocycles. The fourth-order valence-electron chi connectivity index (χ4n) is 2.81. The highest BCUT2D eigenvalue weighted by Gasteiger charge is 2.26. The second-order valence-corrected chi connectivity index (χ2v) is 6.60. The Hall–Kier alpha value is -0.380. The maximum Gasteiger partial charge on any atom is 0.0407 e. The van der Waals surface area contributed by atoms with Crippen LogP contribution in [0.25, 0.3) is 0 Å². The van der Waals surface area contributed by atoms with E-state index in [0.717, 1.165) is 24.2 Å². The second kappa shape index (κ2) is 5.72. The van der Waals surface area contributed by atoms with Gasteiger partial charge in [0, 0.05) is 48.7 Å². The molecule has 2 aliphatic heterocycles. The van der Waals surface area contributed by atoms with Gasteiger partial charge in [0.25, 0.3) is 0 Å². The van der Waals surface area contributed by atoms with Crippen LogP contribution in [0.1, 0.15) is 6.42 Å². The van der Waals surface area contributed by atoms with Crippen LogP contribution in [0.2, 0.25) is 5.02 Å². The lowest BCUT2D eigenvalue weighted by atomic mass is 10.2. The van der Waals surface area contributed by atoms with Gasteiger partial charge in [-0.05, 0) is 36.4 Å². The summed E-state index contributed by atoms with van der Waals surface area (Å²) < 4.78 is 0. The second-order valence-electron chi connectivity index (χ2n) is 5.02. The van der Waals surface area contributed by atoms with Crippen molar-refractivity contribution in [3.05, 3.63) is 29.3 Å². The molecule has 18 heavy (non-hydrogen) atoms. The zero-order chi connectivity index (χ0) is 12.4. The molecular formula is C14H19ClN2S. The average Bonchev–Trinajstić information content (AvgIpc) is 2.94. The zero-order valence-electron chi connectivity index (χ0n) is 10.5. The first-order chi connectivity index (χ1) is 8.83. The lowest BCUT2D eigenvalue weighted by Crippen LogP contribution is -2.50. The highest BCUT2D eigenvalue weighted by atomic mass is 35.5.